The molecule has 2 rings (SSSR count). The van der Waals surface area contributed by atoms with Gasteiger partial charge >= 0.3 is 5.97 Å². The van der Waals surface area contributed by atoms with Crippen molar-refractivity contribution in [2.45, 2.75) is 13.8 Å². The van der Waals surface area contributed by atoms with E-state index in [0.717, 1.165) is 15.8 Å². The summed E-state index contributed by atoms with van der Waals surface area (Å²) in [5, 5.41) is 12.7. The number of ether oxygens (including phenoxy) is 2. The van der Waals surface area contributed by atoms with Gasteiger partial charge in [-0.2, -0.15) is 0 Å². The fraction of sp³-hybridized carbons (Fsp3) is 0.500. The molecule has 0 aliphatic carbocycles. The van der Waals surface area contributed by atoms with Gasteiger partial charge in [-0.05, 0) is 19.4 Å². The third-order valence-corrected chi connectivity index (χ3v) is 4.14. The highest BCUT2D eigenvalue weighted by Gasteiger charge is 2.19. The van der Waals surface area contributed by atoms with Crippen LogP contribution in [0.5, 0.6) is 0 Å². The van der Waals surface area contributed by atoms with E-state index >= 15 is 0 Å². The van der Waals surface area contributed by atoms with Crippen LogP contribution in [0.15, 0.2) is 6.33 Å². The summed E-state index contributed by atoms with van der Waals surface area (Å²) in [7, 11) is 0. The lowest BCUT2D eigenvalue weighted by Crippen LogP contribution is -2.12. The number of nitrogens with zero attached hydrogens (tertiary/aromatic N) is 2. The topological polar surface area (TPSA) is 93.6 Å². The summed E-state index contributed by atoms with van der Waals surface area (Å²) < 4.78 is 10.3. The molecule has 2 heterocycles. The molecule has 0 aliphatic heterocycles. The maximum atomic E-state index is 12.0. The lowest BCUT2D eigenvalue weighted by Gasteiger charge is -2.07. The molecule has 0 atom stereocenters. The van der Waals surface area contributed by atoms with Gasteiger partial charge in [0, 0.05) is 6.54 Å². The van der Waals surface area contributed by atoms with Gasteiger partial charge in [0.1, 0.15) is 21.9 Å². The number of aryl methyl sites for hydroxylation is 1. The fourth-order valence-electron chi connectivity index (χ4n) is 2.01. The molecule has 2 N–H and O–H groups in total. The molecule has 0 aliphatic rings. The maximum absolute atomic E-state index is 12.0. The molecule has 0 aromatic carbocycles. The summed E-state index contributed by atoms with van der Waals surface area (Å²) >= 11 is 1.30. The maximum Gasteiger partial charge on any atom is 0.348 e. The summed E-state index contributed by atoms with van der Waals surface area (Å²) in [6.45, 7) is 5.30. The average molecular weight is 325 g/mol. The lowest BCUT2D eigenvalue weighted by molar-refractivity contribution is 0.0531. The first kappa shape index (κ1) is 16.6. The quantitative estimate of drug-likeness (QED) is 0.562. The van der Waals surface area contributed by atoms with Gasteiger partial charge < -0.3 is 19.9 Å². The number of fused-ring (bicyclic) bond motifs is 1. The minimum Gasteiger partial charge on any atom is -0.462 e. The molecule has 0 spiro atoms. The molecule has 0 saturated heterocycles. The number of carbonyl (C=O) groups excluding carboxylic acids is 1. The monoisotopic (exact) mass is 325 g/mol. The molecule has 0 bridgehead atoms. The Morgan fingerprint density at radius 2 is 2.23 bits per heavy atom. The van der Waals surface area contributed by atoms with Gasteiger partial charge in [0.15, 0.2) is 0 Å². The minimum atomic E-state index is -0.333. The number of carbonyl (C=O) groups is 1. The summed E-state index contributed by atoms with van der Waals surface area (Å²) in [5.74, 6) is 0.335. The van der Waals surface area contributed by atoms with Crippen LogP contribution in [0.1, 0.15) is 22.2 Å². The van der Waals surface area contributed by atoms with E-state index in [2.05, 4.69) is 15.3 Å². The Bertz CT molecular complexity index is 644. The van der Waals surface area contributed by atoms with E-state index in [0.29, 0.717) is 37.1 Å². The number of aromatic nitrogens is 2. The Balaban J connectivity index is 2.19. The van der Waals surface area contributed by atoms with E-state index in [1.54, 1.807) is 6.92 Å². The Morgan fingerprint density at radius 1 is 1.41 bits per heavy atom. The number of esters is 1. The molecule has 7 nitrogen and oxygen atoms in total. The summed E-state index contributed by atoms with van der Waals surface area (Å²) in [6, 6.07) is 0. The van der Waals surface area contributed by atoms with Crippen molar-refractivity contribution in [1.29, 1.82) is 0 Å². The molecule has 8 heteroatoms. The van der Waals surface area contributed by atoms with Gasteiger partial charge in [-0.25, -0.2) is 14.8 Å². The smallest absolute Gasteiger partial charge is 0.348 e. The number of anilines is 1. The van der Waals surface area contributed by atoms with Crippen LogP contribution in [0.25, 0.3) is 10.2 Å². The average Bonchev–Trinajstić information content (AvgIpc) is 2.85. The van der Waals surface area contributed by atoms with Crippen molar-refractivity contribution in [2.24, 2.45) is 0 Å². The van der Waals surface area contributed by atoms with Crippen molar-refractivity contribution in [2.75, 3.05) is 38.3 Å². The van der Waals surface area contributed by atoms with Crippen LogP contribution in [-0.2, 0) is 9.47 Å². The Hall–Kier alpha value is -1.77. The van der Waals surface area contributed by atoms with Crippen LogP contribution in [0, 0.1) is 6.92 Å². The van der Waals surface area contributed by atoms with Gasteiger partial charge in [-0.1, -0.05) is 0 Å². The Labute approximate surface area is 132 Å². The molecule has 2 aromatic heterocycles. The first-order valence-electron chi connectivity index (χ1n) is 7.02. The predicted molar refractivity (Wildman–Crippen MR) is 84.5 cm³/mol. The molecular weight excluding hydrogens is 306 g/mol. The number of hydrogen-bond donors (Lipinski definition) is 2. The molecule has 0 unspecified atom stereocenters. The van der Waals surface area contributed by atoms with E-state index in [1.165, 1.54) is 17.7 Å². The van der Waals surface area contributed by atoms with Crippen molar-refractivity contribution in [1.82, 2.24) is 9.97 Å². The van der Waals surface area contributed by atoms with Gasteiger partial charge in [0.25, 0.3) is 0 Å². The molecule has 0 amide bonds. The highest BCUT2D eigenvalue weighted by atomic mass is 32.1. The van der Waals surface area contributed by atoms with Crippen molar-refractivity contribution < 1.29 is 19.4 Å². The van der Waals surface area contributed by atoms with Crippen LogP contribution in [-0.4, -0.2) is 54.0 Å². The fourth-order valence-corrected chi connectivity index (χ4v) is 3.05. The van der Waals surface area contributed by atoms with Crippen LogP contribution >= 0.6 is 11.3 Å². The molecule has 120 valence electrons. The molecule has 22 heavy (non-hydrogen) atoms. The third-order valence-electron chi connectivity index (χ3n) is 2.96. The van der Waals surface area contributed by atoms with Gasteiger partial charge in [-0.15, -0.1) is 11.3 Å². The summed E-state index contributed by atoms with van der Waals surface area (Å²) in [4.78, 5) is 21.7. The van der Waals surface area contributed by atoms with Gasteiger partial charge in [-0.3, -0.25) is 0 Å². The van der Waals surface area contributed by atoms with Crippen LogP contribution in [0.3, 0.4) is 0 Å². The highest BCUT2D eigenvalue weighted by Crippen LogP contribution is 2.33. The molecular formula is C14H19N3O4S. The third kappa shape index (κ3) is 3.70. The van der Waals surface area contributed by atoms with Crippen molar-refractivity contribution in [3.8, 4) is 0 Å². The number of aliphatic hydroxyl groups excluding tert-OH is 1. The highest BCUT2D eigenvalue weighted by molar-refractivity contribution is 7.20. The van der Waals surface area contributed by atoms with Crippen molar-refractivity contribution >= 4 is 33.3 Å². The van der Waals surface area contributed by atoms with Crippen molar-refractivity contribution in [3.63, 3.8) is 0 Å². The zero-order valence-corrected chi connectivity index (χ0v) is 13.4. The SMILES string of the molecule is CCOC(=O)c1sc2ncnc(NCCOCCO)c2c1C. The van der Waals surface area contributed by atoms with E-state index in [-0.39, 0.29) is 12.6 Å². The lowest BCUT2D eigenvalue weighted by atomic mass is 10.2. The van der Waals surface area contributed by atoms with Gasteiger partial charge in [0.05, 0.1) is 31.8 Å². The van der Waals surface area contributed by atoms with Gasteiger partial charge in [0.2, 0.25) is 0 Å². The molecule has 0 fully saturated rings. The number of rotatable bonds is 8. The normalized spacial score (nSPS) is 10.9. The first-order valence-corrected chi connectivity index (χ1v) is 7.84. The second-order valence-electron chi connectivity index (χ2n) is 4.44. The van der Waals surface area contributed by atoms with E-state index < -0.39 is 0 Å². The van der Waals surface area contributed by atoms with E-state index in [9.17, 15) is 4.79 Å². The second kappa shape index (κ2) is 8.02. The van der Waals surface area contributed by atoms with Crippen molar-refractivity contribution in [3.05, 3.63) is 16.8 Å². The standard InChI is InChI=1S/C14H19N3O4S/c1-3-21-14(19)11-9(2)10-12(15-4-6-20-7-5-18)16-8-17-13(10)22-11/h8,18H,3-7H2,1-2H3,(H,15,16,17). The number of aliphatic hydroxyl groups is 1. The predicted octanol–water partition coefficient (Wildman–Crippen LogP) is 1.60. The van der Waals surface area contributed by atoms with E-state index in [1.807, 2.05) is 6.92 Å². The number of thiophene rings is 1. The molecule has 2 aromatic rings. The first-order chi connectivity index (χ1) is 10.7. The Morgan fingerprint density at radius 3 is 2.95 bits per heavy atom. The number of hydrogen-bond acceptors (Lipinski definition) is 8. The van der Waals surface area contributed by atoms with Crippen LogP contribution < -0.4 is 5.32 Å². The summed E-state index contributed by atoms with van der Waals surface area (Å²) in [5.41, 5.74) is 0.817. The molecule has 0 saturated carbocycles. The largest absolute Gasteiger partial charge is 0.462 e. The zero-order chi connectivity index (χ0) is 15.9. The molecule has 0 radical (unpaired) electrons. The second-order valence-corrected chi connectivity index (χ2v) is 5.44. The van der Waals surface area contributed by atoms with Crippen LogP contribution in [0.4, 0.5) is 5.82 Å². The summed E-state index contributed by atoms with van der Waals surface area (Å²) in [6.07, 6.45) is 1.46. The van der Waals surface area contributed by atoms with Crippen LogP contribution in [0.2, 0.25) is 0 Å². The number of nitrogens with one attached hydrogen (secondary N) is 1. The Kier molecular flexibility index (Phi) is 6.05. The zero-order valence-electron chi connectivity index (χ0n) is 12.6. The van der Waals surface area contributed by atoms with E-state index in [4.69, 9.17) is 14.6 Å². The minimum absolute atomic E-state index is 0.00426.